The maximum absolute atomic E-state index is 12.0. The summed E-state index contributed by atoms with van der Waals surface area (Å²) >= 11 is 0. The van der Waals surface area contributed by atoms with Crippen LogP contribution in [0, 0.1) is 0 Å². The Morgan fingerprint density at radius 2 is 0.635 bits per heavy atom. The molecule has 1 aromatic carbocycles. The molecule has 17 heteroatoms. The van der Waals surface area contributed by atoms with Crippen molar-refractivity contribution in [3.05, 3.63) is 30.3 Å². The van der Waals surface area contributed by atoms with Crippen LogP contribution in [0.1, 0.15) is 96.8 Å². The van der Waals surface area contributed by atoms with Crippen LogP contribution in [-0.2, 0) is 75.9 Å². The van der Waals surface area contributed by atoms with E-state index in [1.165, 1.54) is 82.8 Å². The summed E-state index contributed by atoms with van der Waals surface area (Å²) in [5.41, 5.74) is 0. The van der Waals surface area contributed by atoms with Crippen molar-refractivity contribution in [1.82, 2.24) is 0 Å². The number of ether oxygens (including phenoxy) is 12. The first-order valence-electron chi connectivity index (χ1n) is 23.5. The summed E-state index contributed by atoms with van der Waals surface area (Å²) in [5.74, 6) is -0.139. The van der Waals surface area contributed by atoms with Gasteiger partial charge in [-0.15, -0.1) is 0 Å². The van der Waals surface area contributed by atoms with Gasteiger partial charge in [0.25, 0.3) is 10.1 Å². The van der Waals surface area contributed by atoms with Crippen molar-refractivity contribution in [3.8, 4) is 0 Å². The zero-order valence-corrected chi connectivity index (χ0v) is 39.5. The van der Waals surface area contributed by atoms with Crippen LogP contribution < -0.4 is 0 Å². The van der Waals surface area contributed by atoms with Crippen LogP contribution in [0.4, 0.5) is 0 Å². The molecule has 0 aliphatic carbocycles. The fraction of sp³-hybridized carbons (Fsp3) is 0.848. The van der Waals surface area contributed by atoms with Gasteiger partial charge in [0.2, 0.25) is 0 Å². The van der Waals surface area contributed by atoms with Gasteiger partial charge < -0.3 is 56.8 Å². The van der Waals surface area contributed by atoms with Crippen LogP contribution in [0.25, 0.3) is 0 Å². The number of hydrogen-bond donors (Lipinski definition) is 0. The zero-order valence-electron chi connectivity index (χ0n) is 38.7. The second kappa shape index (κ2) is 48.1. The molecule has 16 nitrogen and oxygen atoms in total. The van der Waals surface area contributed by atoms with Crippen molar-refractivity contribution in [2.45, 2.75) is 102 Å². The molecule has 63 heavy (non-hydrogen) atoms. The van der Waals surface area contributed by atoms with Gasteiger partial charge in [0, 0.05) is 6.42 Å². The van der Waals surface area contributed by atoms with Crippen molar-refractivity contribution >= 4 is 16.1 Å². The fourth-order valence-corrected chi connectivity index (χ4v) is 6.65. The number of carbonyl (C=O) groups excluding carboxylic acids is 1. The van der Waals surface area contributed by atoms with Crippen LogP contribution in [0.15, 0.2) is 35.2 Å². The van der Waals surface area contributed by atoms with Gasteiger partial charge >= 0.3 is 5.97 Å². The minimum Gasteiger partial charge on any atom is -0.463 e. The number of hydrogen-bond acceptors (Lipinski definition) is 16. The average Bonchev–Trinajstić information content (AvgIpc) is 3.29. The van der Waals surface area contributed by atoms with E-state index in [0.29, 0.717) is 145 Å². The maximum Gasteiger partial charge on any atom is 0.305 e. The summed E-state index contributed by atoms with van der Waals surface area (Å²) in [5, 5.41) is 0. The molecule has 0 radical (unpaired) electrons. The highest BCUT2D eigenvalue weighted by atomic mass is 32.2. The molecule has 0 unspecified atom stereocenters. The summed E-state index contributed by atoms with van der Waals surface area (Å²) in [7, 11) is -3.77. The molecular formula is C46H84O16S. The third-order valence-corrected chi connectivity index (χ3v) is 10.5. The lowest BCUT2D eigenvalue weighted by molar-refractivity contribution is -0.145. The Morgan fingerprint density at radius 3 is 0.952 bits per heavy atom. The number of rotatable bonds is 52. The van der Waals surface area contributed by atoms with E-state index in [9.17, 15) is 13.2 Å². The van der Waals surface area contributed by atoms with Gasteiger partial charge in [-0.3, -0.25) is 8.98 Å². The molecule has 0 amide bonds. The SMILES string of the molecule is CCCCCCCCCCCCCCCC(=O)OCCOCCOCCOCCOCCOCCOCCOCCOCCOCCOCCOCCOS(=O)(=O)c1ccccc1. The third-order valence-electron chi connectivity index (χ3n) is 9.19. The predicted molar refractivity (Wildman–Crippen MR) is 240 cm³/mol. The van der Waals surface area contributed by atoms with Crippen LogP contribution in [-0.4, -0.2) is 173 Å². The Morgan fingerprint density at radius 1 is 0.365 bits per heavy atom. The van der Waals surface area contributed by atoms with Crippen LogP contribution in [0.3, 0.4) is 0 Å². The summed E-state index contributed by atoms with van der Waals surface area (Å²) in [6.07, 6.45) is 17.2. The maximum atomic E-state index is 12.0. The quantitative estimate of drug-likeness (QED) is 0.0389. The lowest BCUT2D eigenvalue weighted by Gasteiger charge is -2.09. The zero-order chi connectivity index (χ0) is 45.3. The largest absolute Gasteiger partial charge is 0.463 e. The highest BCUT2D eigenvalue weighted by molar-refractivity contribution is 7.86. The Bertz CT molecular complexity index is 1180. The van der Waals surface area contributed by atoms with Gasteiger partial charge in [-0.05, 0) is 18.6 Å². The van der Waals surface area contributed by atoms with E-state index in [2.05, 4.69) is 6.92 Å². The van der Waals surface area contributed by atoms with E-state index >= 15 is 0 Å². The van der Waals surface area contributed by atoms with Crippen molar-refractivity contribution in [3.63, 3.8) is 0 Å². The average molecular weight is 925 g/mol. The Labute approximate surface area is 380 Å². The molecular weight excluding hydrogens is 841 g/mol. The molecule has 0 spiro atoms. The molecule has 0 fully saturated rings. The van der Waals surface area contributed by atoms with Crippen molar-refractivity contribution in [2.24, 2.45) is 0 Å². The van der Waals surface area contributed by atoms with Gasteiger partial charge in [0.1, 0.15) is 6.61 Å². The molecule has 1 aromatic rings. The smallest absolute Gasteiger partial charge is 0.305 e. The van der Waals surface area contributed by atoms with E-state index in [-0.39, 0.29) is 30.7 Å². The first-order valence-corrected chi connectivity index (χ1v) is 24.9. The molecule has 0 atom stereocenters. The monoisotopic (exact) mass is 925 g/mol. The highest BCUT2D eigenvalue weighted by Gasteiger charge is 2.14. The predicted octanol–water partition coefficient (Wildman–Crippen LogP) is 6.60. The van der Waals surface area contributed by atoms with E-state index in [1.54, 1.807) is 18.2 Å². The summed E-state index contributed by atoms with van der Waals surface area (Å²) < 4.78 is 94.4. The number of benzene rings is 1. The van der Waals surface area contributed by atoms with Crippen LogP contribution in [0.2, 0.25) is 0 Å². The fourth-order valence-electron chi connectivity index (χ4n) is 5.73. The first kappa shape index (κ1) is 59.2. The Kier molecular flexibility index (Phi) is 45.2. The van der Waals surface area contributed by atoms with Crippen molar-refractivity contribution in [2.75, 3.05) is 159 Å². The second-order valence-electron chi connectivity index (χ2n) is 14.5. The molecule has 0 saturated heterocycles. The van der Waals surface area contributed by atoms with Crippen LogP contribution >= 0.6 is 0 Å². The number of unbranched alkanes of at least 4 members (excludes halogenated alkanes) is 12. The van der Waals surface area contributed by atoms with Gasteiger partial charge in [-0.25, -0.2) is 0 Å². The first-order chi connectivity index (χ1) is 31.1. The van der Waals surface area contributed by atoms with Gasteiger partial charge in [-0.2, -0.15) is 8.42 Å². The molecule has 0 bridgehead atoms. The van der Waals surface area contributed by atoms with Gasteiger partial charge in [0.15, 0.2) is 0 Å². The van der Waals surface area contributed by atoms with Crippen molar-refractivity contribution < 1.29 is 74.2 Å². The van der Waals surface area contributed by atoms with Crippen LogP contribution in [0.5, 0.6) is 0 Å². The van der Waals surface area contributed by atoms with E-state index in [0.717, 1.165) is 12.8 Å². The summed E-state index contributed by atoms with van der Waals surface area (Å²) in [4.78, 5) is 12.0. The lowest BCUT2D eigenvalue weighted by atomic mass is 10.0. The normalized spacial score (nSPS) is 11.8. The molecule has 0 aliphatic rings. The molecule has 0 aliphatic heterocycles. The van der Waals surface area contributed by atoms with Gasteiger partial charge in [0.05, 0.1) is 157 Å². The summed E-state index contributed by atoms with van der Waals surface area (Å²) in [6.45, 7) is 12.1. The second-order valence-corrected chi connectivity index (χ2v) is 16.2. The molecule has 0 aromatic heterocycles. The minimum absolute atomic E-state index is 0.0630. The molecule has 0 heterocycles. The lowest BCUT2D eigenvalue weighted by Crippen LogP contribution is -2.16. The molecule has 1 rings (SSSR count). The highest BCUT2D eigenvalue weighted by Crippen LogP contribution is 2.13. The summed E-state index contributed by atoms with van der Waals surface area (Å²) in [6, 6.07) is 7.98. The molecule has 0 N–H and O–H groups in total. The third kappa shape index (κ3) is 43.8. The van der Waals surface area contributed by atoms with E-state index in [1.807, 2.05) is 0 Å². The molecule has 370 valence electrons. The Balaban J connectivity index is 1.64. The van der Waals surface area contributed by atoms with Crippen molar-refractivity contribution in [1.29, 1.82) is 0 Å². The standard InChI is InChI=1S/C46H84O16S/c1-2-3-4-5-6-7-8-9-10-11-12-13-17-20-46(47)61-43-41-59-39-37-57-35-33-55-31-29-53-27-25-51-23-21-50-22-24-52-26-28-54-30-32-56-34-36-58-38-40-60-42-44-62-63(48,49)45-18-15-14-16-19-45/h14-16,18-19H,2-13,17,20-44H2,1H3. The van der Waals surface area contributed by atoms with Gasteiger partial charge in [-0.1, -0.05) is 102 Å². The topological polar surface area (TPSA) is 171 Å². The number of esters is 1. The number of carbonyl (C=O) groups is 1. The Hall–Kier alpha value is -1.84. The van der Waals surface area contributed by atoms with E-state index < -0.39 is 10.1 Å². The van der Waals surface area contributed by atoms with E-state index in [4.69, 9.17) is 61.0 Å². The minimum atomic E-state index is -3.77. The molecule has 0 saturated carbocycles.